The Hall–Kier alpha value is -1.88. The third kappa shape index (κ3) is 2.68. The normalized spacial score (nSPS) is 11.4. The van der Waals surface area contributed by atoms with Crippen molar-refractivity contribution in [2.24, 2.45) is 0 Å². The van der Waals surface area contributed by atoms with Gasteiger partial charge in [-0.05, 0) is 29.8 Å². The van der Waals surface area contributed by atoms with Crippen LogP contribution in [0.5, 0.6) is 0 Å². The first-order valence-electron chi connectivity index (χ1n) is 5.31. The van der Waals surface area contributed by atoms with Gasteiger partial charge < -0.3 is 5.73 Å². The van der Waals surface area contributed by atoms with Crippen LogP contribution in [0.1, 0.15) is 5.56 Å². The third-order valence-electron chi connectivity index (χ3n) is 2.56. The topological polar surface area (TPSA) is 60.2 Å². The van der Waals surface area contributed by atoms with Crippen molar-refractivity contribution in [1.82, 2.24) is 0 Å². The highest BCUT2D eigenvalue weighted by atomic mass is 32.2. The lowest BCUT2D eigenvalue weighted by atomic mass is 10.2. The summed E-state index contributed by atoms with van der Waals surface area (Å²) in [5.41, 5.74) is 6.63. The van der Waals surface area contributed by atoms with Gasteiger partial charge in [0.05, 0.1) is 10.6 Å². The Bertz CT molecular complexity index is 668. The molecule has 0 aliphatic carbocycles. The van der Waals surface area contributed by atoms with Gasteiger partial charge in [-0.15, -0.1) is 0 Å². The molecule has 0 unspecified atom stereocenters. The lowest BCUT2D eigenvalue weighted by molar-refractivity contribution is 0.590. The maximum Gasteiger partial charge on any atom is 0.182 e. The Balaban J connectivity index is 2.37. The Morgan fingerprint density at radius 1 is 1.06 bits per heavy atom. The molecule has 0 saturated carbocycles. The van der Waals surface area contributed by atoms with Gasteiger partial charge >= 0.3 is 0 Å². The highest BCUT2D eigenvalue weighted by Gasteiger charge is 2.17. The molecule has 0 amide bonds. The van der Waals surface area contributed by atoms with Crippen molar-refractivity contribution in [3.63, 3.8) is 0 Å². The quantitative estimate of drug-likeness (QED) is 0.867. The van der Waals surface area contributed by atoms with Gasteiger partial charge in [0, 0.05) is 5.69 Å². The van der Waals surface area contributed by atoms with Crippen LogP contribution in [0.3, 0.4) is 0 Å². The standard InChI is InChI=1S/C13H12FNO2S/c14-11-5-3-6-12(8-11)18(16,17)9-10-4-1-2-7-13(10)15/h1-8H,9,15H2. The van der Waals surface area contributed by atoms with Crippen LogP contribution in [-0.4, -0.2) is 8.42 Å². The largest absolute Gasteiger partial charge is 0.398 e. The van der Waals surface area contributed by atoms with Gasteiger partial charge in [-0.1, -0.05) is 24.3 Å². The molecule has 2 aromatic rings. The van der Waals surface area contributed by atoms with E-state index in [1.54, 1.807) is 24.3 Å². The molecule has 2 aromatic carbocycles. The lowest BCUT2D eigenvalue weighted by Crippen LogP contribution is -2.07. The van der Waals surface area contributed by atoms with Crippen LogP contribution in [0.4, 0.5) is 10.1 Å². The van der Waals surface area contributed by atoms with E-state index in [1.165, 1.54) is 18.2 Å². The minimum absolute atomic E-state index is 0.0363. The zero-order valence-corrected chi connectivity index (χ0v) is 10.3. The van der Waals surface area contributed by atoms with Crippen molar-refractivity contribution in [2.75, 3.05) is 5.73 Å². The molecule has 0 aromatic heterocycles. The SMILES string of the molecule is Nc1ccccc1CS(=O)(=O)c1cccc(F)c1. The van der Waals surface area contributed by atoms with E-state index in [-0.39, 0.29) is 10.6 Å². The lowest BCUT2D eigenvalue weighted by Gasteiger charge is -2.07. The molecule has 0 fully saturated rings. The molecule has 2 N–H and O–H groups in total. The third-order valence-corrected chi connectivity index (χ3v) is 4.22. The molecule has 0 aliphatic rings. The summed E-state index contributed by atoms with van der Waals surface area (Å²) in [6.45, 7) is 0. The summed E-state index contributed by atoms with van der Waals surface area (Å²) in [4.78, 5) is -0.0363. The number of para-hydroxylation sites is 1. The second kappa shape index (κ2) is 4.78. The summed E-state index contributed by atoms with van der Waals surface area (Å²) in [5, 5.41) is 0. The smallest absolute Gasteiger partial charge is 0.182 e. The van der Waals surface area contributed by atoms with Crippen LogP contribution in [0.25, 0.3) is 0 Å². The summed E-state index contributed by atoms with van der Waals surface area (Å²) in [6.07, 6.45) is 0. The summed E-state index contributed by atoms with van der Waals surface area (Å²) in [5.74, 6) is -0.805. The number of halogens is 1. The van der Waals surface area contributed by atoms with Crippen molar-refractivity contribution in [1.29, 1.82) is 0 Å². The van der Waals surface area contributed by atoms with Crippen LogP contribution in [0, 0.1) is 5.82 Å². The molecule has 2 rings (SSSR count). The van der Waals surface area contributed by atoms with E-state index >= 15 is 0 Å². The van der Waals surface area contributed by atoms with Gasteiger partial charge in [0.2, 0.25) is 0 Å². The number of hydrogen-bond donors (Lipinski definition) is 1. The van der Waals surface area contributed by atoms with Gasteiger partial charge in [0.1, 0.15) is 5.82 Å². The van der Waals surface area contributed by atoms with Crippen molar-refractivity contribution < 1.29 is 12.8 Å². The molecule has 5 heteroatoms. The van der Waals surface area contributed by atoms with Gasteiger partial charge in [-0.3, -0.25) is 0 Å². The molecule has 0 saturated heterocycles. The Morgan fingerprint density at radius 3 is 2.44 bits per heavy atom. The minimum atomic E-state index is -3.58. The van der Waals surface area contributed by atoms with E-state index in [2.05, 4.69) is 0 Å². The van der Waals surface area contributed by atoms with Crippen LogP contribution < -0.4 is 5.73 Å². The molecule has 0 bridgehead atoms. The number of hydrogen-bond acceptors (Lipinski definition) is 3. The fourth-order valence-electron chi connectivity index (χ4n) is 1.61. The molecule has 94 valence electrons. The molecular weight excluding hydrogens is 253 g/mol. The highest BCUT2D eigenvalue weighted by Crippen LogP contribution is 2.20. The molecule has 0 aliphatic heterocycles. The summed E-state index contributed by atoms with van der Waals surface area (Å²) in [7, 11) is -3.58. The number of nitrogens with two attached hydrogens (primary N) is 1. The fraction of sp³-hybridized carbons (Fsp3) is 0.0769. The van der Waals surface area contributed by atoms with Crippen LogP contribution in [-0.2, 0) is 15.6 Å². The molecule has 3 nitrogen and oxygen atoms in total. The second-order valence-electron chi connectivity index (χ2n) is 3.92. The van der Waals surface area contributed by atoms with Gasteiger partial charge in [-0.25, -0.2) is 12.8 Å². The van der Waals surface area contributed by atoms with Gasteiger partial charge in [0.15, 0.2) is 9.84 Å². The van der Waals surface area contributed by atoms with Gasteiger partial charge in [0.25, 0.3) is 0 Å². The van der Waals surface area contributed by atoms with Crippen LogP contribution in [0.2, 0.25) is 0 Å². The summed E-state index contributed by atoms with van der Waals surface area (Å²) < 4.78 is 37.2. The molecule has 18 heavy (non-hydrogen) atoms. The number of sulfone groups is 1. The van der Waals surface area contributed by atoms with E-state index in [1.807, 2.05) is 0 Å². The van der Waals surface area contributed by atoms with Crippen molar-refractivity contribution in [3.05, 3.63) is 59.9 Å². The van der Waals surface area contributed by atoms with Gasteiger partial charge in [-0.2, -0.15) is 0 Å². The van der Waals surface area contributed by atoms with E-state index < -0.39 is 15.7 Å². The van der Waals surface area contributed by atoms with Crippen molar-refractivity contribution in [2.45, 2.75) is 10.6 Å². The monoisotopic (exact) mass is 265 g/mol. The minimum Gasteiger partial charge on any atom is -0.398 e. The van der Waals surface area contributed by atoms with E-state index in [0.717, 1.165) is 6.07 Å². The average molecular weight is 265 g/mol. The van der Waals surface area contributed by atoms with Crippen LogP contribution in [0.15, 0.2) is 53.4 Å². The van der Waals surface area contributed by atoms with Crippen molar-refractivity contribution >= 4 is 15.5 Å². The number of rotatable bonds is 3. The first-order valence-corrected chi connectivity index (χ1v) is 6.96. The van der Waals surface area contributed by atoms with Crippen molar-refractivity contribution in [3.8, 4) is 0 Å². The molecule has 0 radical (unpaired) electrons. The van der Waals surface area contributed by atoms with E-state index in [4.69, 9.17) is 5.73 Å². The maximum absolute atomic E-state index is 13.0. The molecule has 0 spiro atoms. The molecule has 0 atom stereocenters. The number of nitrogen functional groups attached to an aromatic ring is 1. The summed E-state index contributed by atoms with van der Waals surface area (Å²) in [6, 6.07) is 11.7. The predicted molar refractivity (Wildman–Crippen MR) is 68.1 cm³/mol. The first kappa shape index (κ1) is 12.6. The Labute approximate surface area is 105 Å². The predicted octanol–water partition coefficient (Wildman–Crippen LogP) is 2.38. The molecular formula is C13H12FNO2S. The zero-order valence-electron chi connectivity index (χ0n) is 9.51. The van der Waals surface area contributed by atoms with Crippen LogP contribution >= 0.6 is 0 Å². The average Bonchev–Trinajstić information content (AvgIpc) is 2.32. The number of benzene rings is 2. The van der Waals surface area contributed by atoms with E-state index in [0.29, 0.717) is 11.3 Å². The summed E-state index contributed by atoms with van der Waals surface area (Å²) >= 11 is 0. The first-order chi connectivity index (χ1) is 8.49. The Morgan fingerprint density at radius 2 is 1.78 bits per heavy atom. The van der Waals surface area contributed by atoms with E-state index in [9.17, 15) is 12.8 Å². The fourth-order valence-corrected chi connectivity index (χ4v) is 3.03. The number of anilines is 1. The maximum atomic E-state index is 13.0. The zero-order chi connectivity index (χ0) is 13.2. The molecule has 0 heterocycles. The second-order valence-corrected chi connectivity index (χ2v) is 5.90. The highest BCUT2D eigenvalue weighted by molar-refractivity contribution is 7.90. The Kier molecular flexibility index (Phi) is 3.34.